The maximum absolute atomic E-state index is 12.3. The van der Waals surface area contributed by atoms with Crippen molar-refractivity contribution in [3.05, 3.63) is 11.6 Å². The van der Waals surface area contributed by atoms with Crippen molar-refractivity contribution in [1.29, 1.82) is 0 Å². The zero-order chi connectivity index (χ0) is 13.1. The molecule has 7 heteroatoms. The fourth-order valence-electron chi connectivity index (χ4n) is 2.12. The number of hydrogen-bond donors (Lipinski definition) is 2. The Morgan fingerprint density at radius 2 is 2.39 bits per heavy atom. The van der Waals surface area contributed by atoms with Crippen molar-refractivity contribution in [3.8, 4) is 0 Å². The third-order valence-electron chi connectivity index (χ3n) is 3.17. The van der Waals surface area contributed by atoms with Crippen molar-refractivity contribution in [2.45, 2.75) is 19.5 Å². The van der Waals surface area contributed by atoms with Crippen LogP contribution < -0.4 is 5.32 Å². The number of carbonyl (C=O) groups is 1. The second kappa shape index (κ2) is 5.45. The van der Waals surface area contributed by atoms with E-state index in [1.807, 2.05) is 14.0 Å². The molecule has 2 atom stereocenters. The zero-order valence-corrected chi connectivity index (χ0v) is 10.9. The van der Waals surface area contributed by atoms with Gasteiger partial charge in [-0.25, -0.2) is 4.98 Å². The van der Waals surface area contributed by atoms with Crippen molar-refractivity contribution in [3.63, 3.8) is 0 Å². The van der Waals surface area contributed by atoms with Gasteiger partial charge in [-0.3, -0.25) is 9.89 Å². The number of amides is 1. The fraction of sp³-hybridized carbons (Fsp3) is 0.727. The summed E-state index contributed by atoms with van der Waals surface area (Å²) in [6, 6.07) is 0.0915. The van der Waals surface area contributed by atoms with Crippen molar-refractivity contribution >= 4 is 5.91 Å². The van der Waals surface area contributed by atoms with Gasteiger partial charge in [0.1, 0.15) is 5.82 Å². The van der Waals surface area contributed by atoms with Gasteiger partial charge in [0.15, 0.2) is 5.82 Å². The predicted molar refractivity (Wildman–Crippen MR) is 64.8 cm³/mol. The molecule has 2 heterocycles. The van der Waals surface area contributed by atoms with Crippen LogP contribution >= 0.6 is 0 Å². The van der Waals surface area contributed by atoms with E-state index in [0.717, 1.165) is 5.82 Å². The topological polar surface area (TPSA) is 83.1 Å². The lowest BCUT2D eigenvalue weighted by Crippen LogP contribution is -2.43. The lowest BCUT2D eigenvalue weighted by atomic mass is 10.0. The SMILES string of the molecule is CNC1COCC1C(=O)N(C)Cc1n[nH]c(C)n1. The van der Waals surface area contributed by atoms with Crippen LogP contribution in [-0.4, -0.2) is 59.3 Å². The Balaban J connectivity index is 1.96. The molecule has 0 spiro atoms. The van der Waals surface area contributed by atoms with Gasteiger partial charge in [0.25, 0.3) is 0 Å². The first-order chi connectivity index (χ1) is 8.61. The minimum absolute atomic E-state index is 0.0642. The Labute approximate surface area is 106 Å². The van der Waals surface area contributed by atoms with E-state index in [0.29, 0.717) is 25.6 Å². The average Bonchev–Trinajstić information content (AvgIpc) is 2.96. The molecule has 0 radical (unpaired) electrons. The molecule has 1 aliphatic heterocycles. The first-order valence-corrected chi connectivity index (χ1v) is 5.99. The highest BCUT2D eigenvalue weighted by Gasteiger charge is 2.34. The molecule has 1 aromatic heterocycles. The average molecular weight is 253 g/mol. The number of ether oxygens (including phenoxy) is 1. The maximum atomic E-state index is 12.3. The number of aryl methyl sites for hydroxylation is 1. The molecule has 1 saturated heterocycles. The quantitative estimate of drug-likeness (QED) is 0.742. The number of aromatic amines is 1. The highest BCUT2D eigenvalue weighted by Crippen LogP contribution is 2.16. The van der Waals surface area contributed by atoms with Crippen LogP contribution in [0.2, 0.25) is 0 Å². The van der Waals surface area contributed by atoms with Crippen LogP contribution in [0.5, 0.6) is 0 Å². The van der Waals surface area contributed by atoms with E-state index >= 15 is 0 Å². The van der Waals surface area contributed by atoms with Crippen LogP contribution in [-0.2, 0) is 16.1 Å². The number of H-pyrrole nitrogens is 1. The van der Waals surface area contributed by atoms with Crippen LogP contribution in [0.1, 0.15) is 11.6 Å². The Bertz CT molecular complexity index is 419. The molecule has 2 unspecified atom stereocenters. The number of rotatable bonds is 4. The van der Waals surface area contributed by atoms with Crippen molar-refractivity contribution in [2.24, 2.45) is 5.92 Å². The molecular formula is C11H19N5O2. The highest BCUT2D eigenvalue weighted by atomic mass is 16.5. The second-order valence-electron chi connectivity index (χ2n) is 4.57. The molecule has 2 rings (SSSR count). The lowest BCUT2D eigenvalue weighted by molar-refractivity contribution is -0.135. The van der Waals surface area contributed by atoms with Gasteiger partial charge in [-0.15, -0.1) is 0 Å². The predicted octanol–water partition coefficient (Wildman–Crippen LogP) is -0.694. The van der Waals surface area contributed by atoms with Crippen LogP contribution in [0.25, 0.3) is 0 Å². The van der Waals surface area contributed by atoms with E-state index in [-0.39, 0.29) is 17.9 Å². The fourth-order valence-corrected chi connectivity index (χ4v) is 2.12. The zero-order valence-electron chi connectivity index (χ0n) is 10.9. The molecule has 0 aromatic carbocycles. The summed E-state index contributed by atoms with van der Waals surface area (Å²) in [5, 5.41) is 9.90. The third kappa shape index (κ3) is 2.68. The van der Waals surface area contributed by atoms with Crippen LogP contribution in [0.3, 0.4) is 0 Å². The normalized spacial score (nSPS) is 23.3. The minimum Gasteiger partial charge on any atom is -0.379 e. The monoisotopic (exact) mass is 253 g/mol. The summed E-state index contributed by atoms with van der Waals surface area (Å²) < 4.78 is 5.34. The molecule has 0 aliphatic carbocycles. The summed E-state index contributed by atoms with van der Waals surface area (Å²) in [5.74, 6) is 1.32. The van der Waals surface area contributed by atoms with Gasteiger partial charge in [0, 0.05) is 13.1 Å². The molecule has 1 fully saturated rings. The summed E-state index contributed by atoms with van der Waals surface area (Å²) in [7, 11) is 3.61. The third-order valence-corrected chi connectivity index (χ3v) is 3.17. The summed E-state index contributed by atoms with van der Waals surface area (Å²) in [6.45, 7) is 3.30. The molecular weight excluding hydrogens is 234 g/mol. The van der Waals surface area contributed by atoms with E-state index in [9.17, 15) is 4.79 Å². The summed E-state index contributed by atoms with van der Waals surface area (Å²) in [6.07, 6.45) is 0. The molecule has 1 amide bonds. The number of nitrogens with zero attached hydrogens (tertiary/aromatic N) is 3. The number of carbonyl (C=O) groups excluding carboxylic acids is 1. The first kappa shape index (κ1) is 13.0. The Kier molecular flexibility index (Phi) is 3.93. The summed E-state index contributed by atoms with van der Waals surface area (Å²) in [4.78, 5) is 18.1. The molecule has 2 N–H and O–H groups in total. The Morgan fingerprint density at radius 3 is 3.00 bits per heavy atom. The van der Waals surface area contributed by atoms with Gasteiger partial charge in [0.05, 0.1) is 25.7 Å². The lowest BCUT2D eigenvalue weighted by Gasteiger charge is -2.22. The van der Waals surface area contributed by atoms with E-state index in [1.165, 1.54) is 0 Å². The molecule has 7 nitrogen and oxygen atoms in total. The van der Waals surface area contributed by atoms with E-state index < -0.39 is 0 Å². The van der Waals surface area contributed by atoms with Gasteiger partial charge in [0.2, 0.25) is 5.91 Å². The van der Waals surface area contributed by atoms with Gasteiger partial charge in [-0.05, 0) is 14.0 Å². The van der Waals surface area contributed by atoms with Gasteiger partial charge >= 0.3 is 0 Å². The smallest absolute Gasteiger partial charge is 0.229 e. The molecule has 1 aliphatic rings. The van der Waals surface area contributed by atoms with Gasteiger partial charge < -0.3 is 15.0 Å². The number of hydrogen-bond acceptors (Lipinski definition) is 5. The Hall–Kier alpha value is -1.47. The number of aromatic nitrogens is 3. The molecule has 100 valence electrons. The van der Waals surface area contributed by atoms with Gasteiger partial charge in [-0.2, -0.15) is 5.10 Å². The molecule has 0 saturated carbocycles. The summed E-state index contributed by atoms with van der Waals surface area (Å²) in [5.41, 5.74) is 0. The largest absolute Gasteiger partial charge is 0.379 e. The molecule has 1 aromatic rings. The van der Waals surface area contributed by atoms with E-state index in [2.05, 4.69) is 20.5 Å². The second-order valence-corrected chi connectivity index (χ2v) is 4.57. The van der Waals surface area contributed by atoms with E-state index in [4.69, 9.17) is 4.74 Å². The van der Waals surface area contributed by atoms with Crippen LogP contribution in [0.4, 0.5) is 0 Å². The Morgan fingerprint density at radius 1 is 1.61 bits per heavy atom. The van der Waals surface area contributed by atoms with Crippen molar-refractivity contribution < 1.29 is 9.53 Å². The van der Waals surface area contributed by atoms with Gasteiger partial charge in [-0.1, -0.05) is 0 Å². The highest BCUT2D eigenvalue weighted by molar-refractivity contribution is 5.79. The first-order valence-electron chi connectivity index (χ1n) is 5.99. The van der Waals surface area contributed by atoms with Crippen molar-refractivity contribution in [1.82, 2.24) is 25.4 Å². The minimum atomic E-state index is -0.125. The summed E-state index contributed by atoms with van der Waals surface area (Å²) >= 11 is 0. The molecule has 0 bridgehead atoms. The number of likely N-dealkylation sites (N-methyl/N-ethyl adjacent to an activating group) is 1. The number of nitrogens with one attached hydrogen (secondary N) is 2. The standard InChI is InChI=1S/C11H19N5O2/c1-7-13-10(15-14-7)4-16(3)11(17)8-5-18-6-9(8)12-2/h8-9,12H,4-6H2,1-3H3,(H,13,14,15). The van der Waals surface area contributed by atoms with Crippen LogP contribution in [0.15, 0.2) is 0 Å². The molecule has 18 heavy (non-hydrogen) atoms. The van der Waals surface area contributed by atoms with E-state index in [1.54, 1.807) is 11.9 Å². The maximum Gasteiger partial charge on any atom is 0.229 e. The van der Waals surface area contributed by atoms with Crippen molar-refractivity contribution in [2.75, 3.05) is 27.3 Å². The van der Waals surface area contributed by atoms with Crippen LogP contribution in [0, 0.1) is 12.8 Å².